The number of aromatic nitrogens is 2. The van der Waals surface area contributed by atoms with Crippen molar-refractivity contribution < 1.29 is 17.9 Å². The molecule has 0 saturated carbocycles. The van der Waals surface area contributed by atoms with Crippen LogP contribution in [0.4, 0.5) is 0 Å². The molecule has 1 saturated heterocycles. The largest absolute Gasteiger partial charge is 0.497 e. The van der Waals surface area contributed by atoms with Gasteiger partial charge in [0.05, 0.1) is 13.0 Å². The minimum Gasteiger partial charge on any atom is -0.497 e. The topological polar surface area (TPSA) is 93.5 Å². The van der Waals surface area contributed by atoms with Crippen molar-refractivity contribution in [2.45, 2.75) is 30.0 Å². The summed E-state index contributed by atoms with van der Waals surface area (Å²) in [6, 6.07) is 10.5. The summed E-state index contributed by atoms with van der Waals surface area (Å²) in [5.74, 6) is 0.806. The number of nitrogens with zero attached hydrogens (tertiary/aromatic N) is 3. The number of nitrogens with one attached hydrogen (secondary N) is 1. The van der Waals surface area contributed by atoms with Crippen molar-refractivity contribution in [3.63, 3.8) is 0 Å². The van der Waals surface area contributed by atoms with Crippen LogP contribution in [0.5, 0.6) is 5.75 Å². The molecule has 1 fully saturated rings. The molecule has 8 nitrogen and oxygen atoms in total. The van der Waals surface area contributed by atoms with E-state index in [-0.39, 0.29) is 12.5 Å². The van der Waals surface area contributed by atoms with Gasteiger partial charge >= 0.3 is 0 Å². The number of aryl methyl sites for hydroxylation is 2. The summed E-state index contributed by atoms with van der Waals surface area (Å²) in [6.07, 6.45) is 4.79. The summed E-state index contributed by atoms with van der Waals surface area (Å²) >= 11 is 1.26. The second-order valence-corrected chi connectivity index (χ2v) is 11.6. The van der Waals surface area contributed by atoms with Gasteiger partial charge in [-0.15, -0.1) is 11.3 Å². The summed E-state index contributed by atoms with van der Waals surface area (Å²) in [5, 5.41) is 3.12. The lowest BCUT2D eigenvalue weighted by Gasteiger charge is -2.32. The SMILES string of the molecule is COc1ccc(C(NC(=O)C2CCCN(S(=O)(=O)c3ccc(C)s3)C2)c2nccn2C)cc1. The second-order valence-electron chi connectivity index (χ2n) is 8.18. The van der Waals surface area contributed by atoms with E-state index < -0.39 is 22.0 Å². The molecule has 33 heavy (non-hydrogen) atoms. The lowest BCUT2D eigenvalue weighted by Crippen LogP contribution is -2.46. The van der Waals surface area contributed by atoms with Crippen LogP contribution in [0.1, 0.15) is 35.1 Å². The van der Waals surface area contributed by atoms with E-state index >= 15 is 0 Å². The van der Waals surface area contributed by atoms with Gasteiger partial charge in [-0.3, -0.25) is 4.79 Å². The van der Waals surface area contributed by atoms with Crippen LogP contribution < -0.4 is 10.1 Å². The van der Waals surface area contributed by atoms with Crippen molar-refractivity contribution in [2.24, 2.45) is 13.0 Å². The Bertz CT molecular complexity index is 1220. The minimum atomic E-state index is -3.60. The first-order valence-electron chi connectivity index (χ1n) is 10.8. The number of sulfonamides is 1. The Labute approximate surface area is 198 Å². The standard InChI is InChI=1S/C23H28N4O4S2/c1-16-6-11-20(32-16)33(29,30)27-13-4-5-18(15-27)23(28)25-21(22-24-12-14-26(22)2)17-7-9-19(31-3)10-8-17/h6-12,14,18,21H,4-5,13,15H2,1-3H3,(H,25,28). The van der Waals surface area contributed by atoms with E-state index in [0.29, 0.717) is 29.4 Å². The number of rotatable bonds is 7. The highest BCUT2D eigenvalue weighted by atomic mass is 32.2. The first kappa shape index (κ1) is 23.5. The molecule has 1 N–H and O–H groups in total. The molecule has 0 bridgehead atoms. The Morgan fingerprint density at radius 1 is 1.24 bits per heavy atom. The van der Waals surface area contributed by atoms with Crippen LogP contribution in [0.15, 0.2) is 53.0 Å². The third-order valence-electron chi connectivity index (χ3n) is 5.92. The average Bonchev–Trinajstić information content (AvgIpc) is 3.46. The van der Waals surface area contributed by atoms with Crippen molar-refractivity contribution in [3.05, 3.63) is 65.1 Å². The van der Waals surface area contributed by atoms with Crippen LogP contribution in [0, 0.1) is 12.8 Å². The lowest BCUT2D eigenvalue weighted by atomic mass is 9.97. The Morgan fingerprint density at radius 2 is 2.00 bits per heavy atom. The second kappa shape index (κ2) is 9.66. The summed E-state index contributed by atoms with van der Waals surface area (Å²) in [4.78, 5) is 18.7. The molecule has 0 spiro atoms. The van der Waals surface area contributed by atoms with Crippen LogP contribution in [0.3, 0.4) is 0 Å². The number of amides is 1. The van der Waals surface area contributed by atoms with Gasteiger partial charge in [0.25, 0.3) is 10.0 Å². The molecule has 176 valence electrons. The Balaban J connectivity index is 1.54. The fraction of sp³-hybridized carbons (Fsp3) is 0.391. The highest BCUT2D eigenvalue weighted by Crippen LogP contribution is 2.29. The van der Waals surface area contributed by atoms with E-state index in [4.69, 9.17) is 4.74 Å². The zero-order chi connectivity index (χ0) is 23.6. The molecule has 2 aromatic heterocycles. The van der Waals surface area contributed by atoms with Crippen molar-refractivity contribution in [1.82, 2.24) is 19.2 Å². The van der Waals surface area contributed by atoms with E-state index in [2.05, 4.69) is 10.3 Å². The smallest absolute Gasteiger partial charge is 0.252 e. The quantitative estimate of drug-likeness (QED) is 0.552. The van der Waals surface area contributed by atoms with Crippen LogP contribution >= 0.6 is 11.3 Å². The molecule has 3 aromatic rings. The van der Waals surface area contributed by atoms with E-state index in [9.17, 15) is 13.2 Å². The van der Waals surface area contributed by atoms with Gasteiger partial charge in [-0.05, 0) is 49.6 Å². The minimum absolute atomic E-state index is 0.168. The molecule has 1 amide bonds. The van der Waals surface area contributed by atoms with Crippen LogP contribution in [0.2, 0.25) is 0 Å². The fourth-order valence-corrected chi connectivity index (χ4v) is 7.02. The molecule has 1 aliphatic heterocycles. The monoisotopic (exact) mass is 488 g/mol. The van der Waals surface area contributed by atoms with Crippen LogP contribution in [-0.4, -0.2) is 48.4 Å². The number of piperidine rings is 1. The number of hydrogen-bond donors (Lipinski definition) is 1. The van der Waals surface area contributed by atoms with E-state index in [0.717, 1.165) is 16.2 Å². The zero-order valence-electron chi connectivity index (χ0n) is 18.9. The Hall–Kier alpha value is -2.69. The summed E-state index contributed by atoms with van der Waals surface area (Å²) in [7, 11) is -0.122. The van der Waals surface area contributed by atoms with Gasteiger partial charge < -0.3 is 14.6 Å². The summed E-state index contributed by atoms with van der Waals surface area (Å²) in [5.41, 5.74) is 0.868. The van der Waals surface area contributed by atoms with Crippen molar-refractivity contribution in [3.8, 4) is 5.75 Å². The molecule has 1 aliphatic rings. The van der Waals surface area contributed by atoms with Crippen LogP contribution in [-0.2, 0) is 21.9 Å². The van der Waals surface area contributed by atoms with E-state index in [1.165, 1.54) is 15.6 Å². The predicted octanol–water partition coefficient (Wildman–Crippen LogP) is 3.11. The predicted molar refractivity (Wildman–Crippen MR) is 127 cm³/mol. The third kappa shape index (κ3) is 4.97. The Morgan fingerprint density at radius 3 is 2.61 bits per heavy atom. The first-order chi connectivity index (χ1) is 15.8. The van der Waals surface area contributed by atoms with Gasteiger partial charge in [0.1, 0.15) is 21.8 Å². The van der Waals surface area contributed by atoms with Gasteiger partial charge in [0.15, 0.2) is 0 Å². The van der Waals surface area contributed by atoms with E-state index in [1.54, 1.807) is 25.4 Å². The number of carbonyl (C=O) groups excluding carboxylic acids is 1. The molecule has 10 heteroatoms. The highest BCUT2D eigenvalue weighted by Gasteiger charge is 2.35. The number of methoxy groups -OCH3 is 1. The van der Waals surface area contributed by atoms with Gasteiger partial charge in [-0.1, -0.05) is 12.1 Å². The third-order valence-corrected chi connectivity index (χ3v) is 9.25. The Kier molecular flexibility index (Phi) is 6.87. The zero-order valence-corrected chi connectivity index (χ0v) is 20.5. The maximum absolute atomic E-state index is 13.3. The highest BCUT2D eigenvalue weighted by molar-refractivity contribution is 7.91. The molecule has 0 aliphatic carbocycles. The van der Waals surface area contributed by atoms with Crippen LogP contribution in [0.25, 0.3) is 0 Å². The van der Waals surface area contributed by atoms with E-state index in [1.807, 2.05) is 49.0 Å². The molecule has 2 atom stereocenters. The average molecular weight is 489 g/mol. The molecule has 1 aromatic carbocycles. The number of thiophene rings is 1. The first-order valence-corrected chi connectivity index (χ1v) is 13.0. The van der Waals surface area contributed by atoms with Crippen molar-refractivity contribution in [1.29, 1.82) is 0 Å². The number of imidazole rings is 1. The molecule has 2 unspecified atom stereocenters. The van der Waals surface area contributed by atoms with Gasteiger partial charge in [0.2, 0.25) is 5.91 Å². The van der Waals surface area contributed by atoms with Gasteiger partial charge in [-0.25, -0.2) is 13.4 Å². The fourth-order valence-electron chi connectivity index (χ4n) is 4.06. The molecule has 0 radical (unpaired) electrons. The molecular formula is C23H28N4O4S2. The maximum Gasteiger partial charge on any atom is 0.252 e. The summed E-state index contributed by atoms with van der Waals surface area (Å²) in [6.45, 7) is 2.47. The normalized spacial score (nSPS) is 18.1. The maximum atomic E-state index is 13.3. The lowest BCUT2D eigenvalue weighted by molar-refractivity contribution is -0.126. The van der Waals surface area contributed by atoms with Crippen molar-refractivity contribution >= 4 is 27.3 Å². The number of hydrogen-bond acceptors (Lipinski definition) is 6. The number of carbonyl (C=O) groups is 1. The molecular weight excluding hydrogens is 460 g/mol. The van der Waals surface area contributed by atoms with Gasteiger partial charge in [-0.2, -0.15) is 4.31 Å². The summed E-state index contributed by atoms with van der Waals surface area (Å²) < 4.78 is 35.0. The molecule has 3 heterocycles. The number of benzene rings is 1. The molecule has 4 rings (SSSR count). The number of ether oxygens (including phenoxy) is 1. The van der Waals surface area contributed by atoms with Crippen molar-refractivity contribution in [2.75, 3.05) is 20.2 Å². The van der Waals surface area contributed by atoms with Gasteiger partial charge in [0, 0.05) is 37.4 Å².